The molecular formula is C15H33N2+. The van der Waals surface area contributed by atoms with Gasteiger partial charge in [-0.05, 0) is 39.4 Å². The topological polar surface area (TPSA) is 3.24 Å². The van der Waals surface area contributed by atoms with Crippen molar-refractivity contribution in [2.75, 3.05) is 46.8 Å². The highest BCUT2D eigenvalue weighted by Crippen LogP contribution is 2.17. The number of hydrogen-bond acceptors (Lipinski definition) is 1. The second-order valence-electron chi connectivity index (χ2n) is 6.21. The van der Waals surface area contributed by atoms with E-state index >= 15 is 0 Å². The molecule has 1 saturated heterocycles. The highest BCUT2D eigenvalue weighted by Gasteiger charge is 2.25. The average molecular weight is 241 g/mol. The summed E-state index contributed by atoms with van der Waals surface area (Å²) < 4.78 is 1.35. The molecule has 0 aromatic rings. The van der Waals surface area contributed by atoms with E-state index in [-0.39, 0.29) is 0 Å². The van der Waals surface area contributed by atoms with Crippen LogP contribution >= 0.6 is 0 Å². The minimum absolute atomic E-state index is 1.29. The third-order valence-corrected chi connectivity index (χ3v) is 4.28. The maximum atomic E-state index is 2.51. The van der Waals surface area contributed by atoms with Gasteiger partial charge in [-0.2, -0.15) is 0 Å². The van der Waals surface area contributed by atoms with Gasteiger partial charge in [0, 0.05) is 12.8 Å². The van der Waals surface area contributed by atoms with Gasteiger partial charge in [-0.25, -0.2) is 0 Å². The molecule has 17 heavy (non-hydrogen) atoms. The highest BCUT2D eigenvalue weighted by atomic mass is 15.3. The van der Waals surface area contributed by atoms with Crippen molar-refractivity contribution < 1.29 is 4.48 Å². The summed E-state index contributed by atoms with van der Waals surface area (Å²) in [6.07, 6.45) is 9.80. The summed E-state index contributed by atoms with van der Waals surface area (Å²) in [6, 6.07) is 0. The fraction of sp³-hybridized carbons (Fsp3) is 1.00. The van der Waals surface area contributed by atoms with Crippen LogP contribution in [0.1, 0.15) is 51.9 Å². The Morgan fingerprint density at radius 3 is 2.12 bits per heavy atom. The van der Waals surface area contributed by atoms with Crippen LogP contribution in [0.2, 0.25) is 0 Å². The van der Waals surface area contributed by atoms with E-state index in [1.54, 1.807) is 0 Å². The first kappa shape index (κ1) is 15.0. The zero-order valence-electron chi connectivity index (χ0n) is 12.4. The lowest BCUT2D eigenvalue weighted by Gasteiger charge is -2.29. The number of likely N-dealkylation sites (tertiary alicyclic amines) is 1. The van der Waals surface area contributed by atoms with Gasteiger partial charge in [-0.1, -0.05) is 19.8 Å². The summed E-state index contributed by atoms with van der Waals surface area (Å²) in [7, 11) is 4.72. The number of unbranched alkanes of at least 4 members (excludes halogenated alkanes) is 3. The third-order valence-electron chi connectivity index (χ3n) is 4.28. The quantitative estimate of drug-likeness (QED) is 0.443. The van der Waals surface area contributed by atoms with Crippen molar-refractivity contribution >= 4 is 0 Å². The summed E-state index contributed by atoms with van der Waals surface area (Å²) in [5, 5.41) is 0. The smallest absolute Gasteiger partial charge is 0.0786 e. The molecule has 0 aromatic carbocycles. The molecule has 1 rings (SSSR count). The lowest BCUT2D eigenvalue weighted by molar-refractivity contribution is -0.897. The Hall–Kier alpha value is -0.0800. The van der Waals surface area contributed by atoms with Crippen molar-refractivity contribution in [1.29, 1.82) is 0 Å². The van der Waals surface area contributed by atoms with Gasteiger partial charge in [0.1, 0.15) is 0 Å². The molecule has 0 atom stereocenters. The molecule has 102 valence electrons. The third kappa shape index (κ3) is 6.42. The van der Waals surface area contributed by atoms with Crippen molar-refractivity contribution in [3.05, 3.63) is 0 Å². The molecule has 0 saturated carbocycles. The van der Waals surface area contributed by atoms with E-state index in [0.29, 0.717) is 0 Å². The second kappa shape index (κ2) is 8.10. The summed E-state index contributed by atoms with van der Waals surface area (Å²) in [5.74, 6) is 0. The summed E-state index contributed by atoms with van der Waals surface area (Å²) >= 11 is 0. The number of nitrogens with zero attached hydrogens (tertiary/aromatic N) is 2. The fourth-order valence-electron chi connectivity index (χ4n) is 2.94. The van der Waals surface area contributed by atoms with Gasteiger partial charge >= 0.3 is 0 Å². The van der Waals surface area contributed by atoms with E-state index in [4.69, 9.17) is 0 Å². The van der Waals surface area contributed by atoms with Gasteiger partial charge in [-0.15, -0.1) is 0 Å². The molecule has 0 amide bonds. The van der Waals surface area contributed by atoms with Crippen LogP contribution in [0.25, 0.3) is 0 Å². The minimum Gasteiger partial charge on any atom is -0.326 e. The molecule has 0 unspecified atom stereocenters. The lowest BCUT2D eigenvalue weighted by Crippen LogP contribution is -2.41. The van der Waals surface area contributed by atoms with Crippen molar-refractivity contribution in [3.63, 3.8) is 0 Å². The number of rotatable bonds is 9. The predicted molar refractivity (Wildman–Crippen MR) is 76.3 cm³/mol. The Morgan fingerprint density at radius 2 is 1.53 bits per heavy atom. The molecule has 0 radical (unpaired) electrons. The van der Waals surface area contributed by atoms with Crippen LogP contribution in [0.15, 0.2) is 0 Å². The highest BCUT2D eigenvalue weighted by molar-refractivity contribution is 4.55. The van der Waals surface area contributed by atoms with Crippen LogP contribution in [-0.4, -0.2) is 56.2 Å². The Bertz CT molecular complexity index is 185. The Morgan fingerprint density at radius 1 is 0.941 bits per heavy atom. The van der Waals surface area contributed by atoms with E-state index in [9.17, 15) is 0 Å². The molecule has 2 nitrogen and oxygen atoms in total. The number of hydrogen-bond donors (Lipinski definition) is 0. The van der Waals surface area contributed by atoms with E-state index in [0.717, 1.165) is 0 Å². The molecule has 1 heterocycles. The molecule has 2 heteroatoms. The molecule has 1 fully saturated rings. The summed E-state index contributed by atoms with van der Waals surface area (Å²) in [6.45, 7) is 9.12. The van der Waals surface area contributed by atoms with E-state index in [1.165, 1.54) is 82.2 Å². The van der Waals surface area contributed by atoms with Gasteiger partial charge in [0.2, 0.25) is 0 Å². The Balaban J connectivity index is 1.96. The normalized spacial score (nSPS) is 19.1. The van der Waals surface area contributed by atoms with Gasteiger partial charge in [0.25, 0.3) is 0 Å². The molecule has 0 spiro atoms. The van der Waals surface area contributed by atoms with Crippen LogP contribution in [0.4, 0.5) is 0 Å². The molecule has 1 aliphatic rings. The first-order valence-electron chi connectivity index (χ1n) is 7.68. The van der Waals surface area contributed by atoms with Crippen molar-refractivity contribution in [1.82, 2.24) is 4.90 Å². The van der Waals surface area contributed by atoms with Gasteiger partial charge < -0.3 is 9.38 Å². The van der Waals surface area contributed by atoms with E-state index in [2.05, 4.69) is 25.9 Å². The van der Waals surface area contributed by atoms with Crippen molar-refractivity contribution in [2.24, 2.45) is 0 Å². The second-order valence-corrected chi connectivity index (χ2v) is 6.21. The lowest BCUT2D eigenvalue weighted by atomic mass is 10.2. The van der Waals surface area contributed by atoms with Crippen LogP contribution in [-0.2, 0) is 0 Å². The zero-order chi connectivity index (χ0) is 12.6. The molecule has 0 bridgehead atoms. The average Bonchev–Trinajstić information content (AvgIpc) is 2.73. The molecule has 1 aliphatic heterocycles. The van der Waals surface area contributed by atoms with Crippen LogP contribution in [0.5, 0.6) is 0 Å². The molecule has 0 N–H and O–H groups in total. The summed E-state index contributed by atoms with van der Waals surface area (Å²) in [5.41, 5.74) is 0. The maximum absolute atomic E-state index is 2.51. The molecular weight excluding hydrogens is 208 g/mol. The predicted octanol–water partition coefficient (Wildman–Crippen LogP) is 3.13. The number of quaternary nitrogens is 1. The zero-order valence-corrected chi connectivity index (χ0v) is 12.4. The van der Waals surface area contributed by atoms with Crippen LogP contribution < -0.4 is 0 Å². The van der Waals surface area contributed by atoms with Gasteiger partial charge in [-0.3, -0.25) is 0 Å². The monoisotopic (exact) mass is 241 g/mol. The first-order valence-corrected chi connectivity index (χ1v) is 7.68. The van der Waals surface area contributed by atoms with Gasteiger partial charge in [0.05, 0.1) is 26.7 Å². The van der Waals surface area contributed by atoms with Crippen molar-refractivity contribution in [3.8, 4) is 0 Å². The van der Waals surface area contributed by atoms with E-state index in [1.807, 2.05) is 0 Å². The summed E-state index contributed by atoms with van der Waals surface area (Å²) in [4.78, 5) is 2.51. The van der Waals surface area contributed by atoms with Crippen LogP contribution in [0.3, 0.4) is 0 Å². The first-order chi connectivity index (χ1) is 8.16. The molecule has 0 aromatic heterocycles. The minimum atomic E-state index is 1.29. The van der Waals surface area contributed by atoms with Crippen molar-refractivity contribution in [2.45, 2.75) is 51.9 Å². The Kier molecular flexibility index (Phi) is 7.14. The van der Waals surface area contributed by atoms with Crippen LogP contribution in [0, 0.1) is 0 Å². The Labute approximate surface area is 109 Å². The van der Waals surface area contributed by atoms with Gasteiger partial charge in [0.15, 0.2) is 0 Å². The largest absolute Gasteiger partial charge is 0.326 e. The molecule has 0 aliphatic carbocycles. The standard InChI is InChI=1S/C15H33N2/c1-4-5-6-11-16(2)12-7-8-13-17(3)14-9-10-15-17/h4-15H2,1-3H3/q+1. The SMILES string of the molecule is CCCCCN(C)CCCC[N+]1(C)CCCC1. The van der Waals surface area contributed by atoms with E-state index < -0.39 is 0 Å². The maximum Gasteiger partial charge on any atom is 0.0786 e. The fourth-order valence-corrected chi connectivity index (χ4v) is 2.94.